The van der Waals surface area contributed by atoms with E-state index in [1.165, 1.54) is 4.90 Å². The summed E-state index contributed by atoms with van der Waals surface area (Å²) in [6.07, 6.45) is 1.58. The van der Waals surface area contributed by atoms with Crippen molar-refractivity contribution in [1.82, 2.24) is 4.90 Å². The van der Waals surface area contributed by atoms with Crippen LogP contribution in [-0.2, 0) is 16.8 Å². The molecule has 2 heterocycles. The Bertz CT molecular complexity index is 880. The van der Waals surface area contributed by atoms with Crippen LogP contribution in [0.25, 0.3) is 11.1 Å². The first kappa shape index (κ1) is 17.2. The topological polar surface area (TPSA) is 82.5 Å². The highest BCUT2D eigenvalue weighted by molar-refractivity contribution is 7.10. The van der Waals surface area contributed by atoms with Gasteiger partial charge in [-0.25, -0.2) is 4.99 Å². The van der Waals surface area contributed by atoms with E-state index in [4.69, 9.17) is 11.0 Å². The minimum Gasteiger partial charge on any atom is -0.369 e. The van der Waals surface area contributed by atoms with Gasteiger partial charge >= 0.3 is 0 Å². The van der Waals surface area contributed by atoms with Gasteiger partial charge in [0.05, 0.1) is 12.5 Å². The number of hydrogen-bond donors (Lipinski definition) is 1. The third-order valence-electron chi connectivity index (χ3n) is 4.49. The van der Waals surface area contributed by atoms with Gasteiger partial charge in [-0.2, -0.15) is 5.26 Å². The van der Waals surface area contributed by atoms with Crippen molar-refractivity contribution in [2.45, 2.75) is 31.7 Å². The molecule has 0 aliphatic carbocycles. The van der Waals surface area contributed by atoms with Gasteiger partial charge in [0.2, 0.25) is 5.91 Å². The Morgan fingerprint density at radius 3 is 2.92 bits per heavy atom. The van der Waals surface area contributed by atoms with Crippen LogP contribution in [-0.4, -0.2) is 23.8 Å². The van der Waals surface area contributed by atoms with Gasteiger partial charge < -0.3 is 5.73 Å². The predicted octanol–water partition coefficient (Wildman–Crippen LogP) is 3.26. The molecule has 0 spiro atoms. The van der Waals surface area contributed by atoms with Crippen molar-refractivity contribution in [3.63, 3.8) is 0 Å². The number of hydrogen-bond acceptors (Lipinski definition) is 5. The standard InChI is InChI=1S/C19H20N4OS/c1-19(11-17(24)23(2)18(21)22-19)16-10-15(12-25-16)14-7-3-5-13(9-14)6-4-8-20/h3,5,7,9-10,12H,4,6,11H2,1-2H3,(H2,21,22)/t19-/m0/s1. The van der Waals surface area contributed by atoms with Crippen molar-refractivity contribution in [2.75, 3.05) is 7.05 Å². The first-order valence-electron chi connectivity index (χ1n) is 8.10. The molecule has 0 saturated carbocycles. The van der Waals surface area contributed by atoms with Crippen LogP contribution in [0.4, 0.5) is 0 Å². The zero-order chi connectivity index (χ0) is 18.0. The van der Waals surface area contributed by atoms with Gasteiger partial charge in [0.25, 0.3) is 0 Å². The lowest BCUT2D eigenvalue weighted by atomic mass is 9.93. The molecule has 1 aromatic heterocycles. The van der Waals surface area contributed by atoms with Gasteiger partial charge in [0, 0.05) is 18.3 Å². The number of carbonyl (C=O) groups excluding carboxylic acids is 1. The van der Waals surface area contributed by atoms with Crippen molar-refractivity contribution in [2.24, 2.45) is 10.7 Å². The number of nitrogens with zero attached hydrogens (tertiary/aromatic N) is 3. The molecule has 0 bridgehead atoms. The van der Waals surface area contributed by atoms with Gasteiger partial charge in [-0.05, 0) is 41.5 Å². The lowest BCUT2D eigenvalue weighted by molar-refractivity contribution is -0.128. The van der Waals surface area contributed by atoms with Gasteiger partial charge in [0.1, 0.15) is 5.54 Å². The van der Waals surface area contributed by atoms with Crippen molar-refractivity contribution in [3.8, 4) is 17.2 Å². The Morgan fingerprint density at radius 1 is 1.40 bits per heavy atom. The number of aryl methyl sites for hydroxylation is 1. The molecule has 0 saturated heterocycles. The van der Waals surface area contributed by atoms with Crippen LogP contribution >= 0.6 is 11.3 Å². The first-order valence-corrected chi connectivity index (χ1v) is 8.98. The Morgan fingerprint density at radius 2 is 2.20 bits per heavy atom. The second kappa shape index (κ2) is 6.69. The van der Waals surface area contributed by atoms with E-state index in [2.05, 4.69) is 34.6 Å². The molecule has 2 N–H and O–H groups in total. The van der Waals surface area contributed by atoms with Crippen molar-refractivity contribution in [3.05, 3.63) is 46.2 Å². The van der Waals surface area contributed by atoms with Crippen LogP contribution in [0.5, 0.6) is 0 Å². The number of aliphatic imine (C=N–C) groups is 1. The SMILES string of the molecule is CN1C(=O)C[C@@](C)(c2cc(-c3cccc(CCC#N)c3)cs2)N=C1N. The highest BCUT2D eigenvalue weighted by Gasteiger charge is 2.37. The van der Waals surface area contributed by atoms with Crippen LogP contribution in [0.1, 0.15) is 30.2 Å². The van der Waals surface area contributed by atoms with E-state index in [9.17, 15) is 4.79 Å². The summed E-state index contributed by atoms with van der Waals surface area (Å²) in [6, 6.07) is 12.5. The Balaban J connectivity index is 1.91. The normalized spacial score (nSPS) is 20.3. The molecular weight excluding hydrogens is 332 g/mol. The fourth-order valence-electron chi connectivity index (χ4n) is 2.93. The molecule has 0 fully saturated rings. The fraction of sp³-hybridized carbons (Fsp3) is 0.316. The minimum atomic E-state index is -0.616. The fourth-order valence-corrected chi connectivity index (χ4v) is 3.95. The molecule has 25 heavy (non-hydrogen) atoms. The van der Waals surface area contributed by atoms with E-state index < -0.39 is 5.54 Å². The second-order valence-corrected chi connectivity index (χ2v) is 7.34. The number of nitriles is 1. The number of amides is 1. The summed E-state index contributed by atoms with van der Waals surface area (Å²) >= 11 is 1.59. The molecule has 0 unspecified atom stereocenters. The Labute approximate surface area is 151 Å². The average molecular weight is 352 g/mol. The minimum absolute atomic E-state index is 0.0246. The van der Waals surface area contributed by atoms with Gasteiger partial charge in [-0.1, -0.05) is 24.3 Å². The predicted molar refractivity (Wildman–Crippen MR) is 100 cm³/mol. The van der Waals surface area contributed by atoms with Crippen LogP contribution in [0, 0.1) is 11.3 Å². The summed E-state index contributed by atoms with van der Waals surface area (Å²) in [6.45, 7) is 1.95. The van der Waals surface area contributed by atoms with E-state index in [1.54, 1.807) is 18.4 Å². The lowest BCUT2D eigenvalue weighted by Crippen LogP contribution is -2.47. The molecule has 128 valence electrons. The second-order valence-electron chi connectivity index (χ2n) is 6.43. The van der Waals surface area contributed by atoms with Crippen molar-refractivity contribution < 1.29 is 4.79 Å². The maximum absolute atomic E-state index is 12.2. The molecule has 6 heteroatoms. The van der Waals surface area contributed by atoms with Crippen LogP contribution in [0.3, 0.4) is 0 Å². The smallest absolute Gasteiger partial charge is 0.231 e. The summed E-state index contributed by atoms with van der Waals surface area (Å²) in [7, 11) is 1.65. The summed E-state index contributed by atoms with van der Waals surface area (Å²) in [5, 5.41) is 10.8. The largest absolute Gasteiger partial charge is 0.369 e. The van der Waals surface area contributed by atoms with Crippen molar-refractivity contribution in [1.29, 1.82) is 5.26 Å². The van der Waals surface area contributed by atoms with Crippen LogP contribution in [0.2, 0.25) is 0 Å². The van der Waals surface area contributed by atoms with Gasteiger partial charge in [-0.15, -0.1) is 11.3 Å². The zero-order valence-corrected chi connectivity index (χ0v) is 15.1. The molecule has 1 aromatic carbocycles. The zero-order valence-electron chi connectivity index (χ0n) is 14.3. The molecule has 5 nitrogen and oxygen atoms in total. The molecule has 0 radical (unpaired) electrons. The van der Waals surface area contributed by atoms with Gasteiger partial charge in [-0.3, -0.25) is 9.69 Å². The number of nitrogens with two attached hydrogens (primary N) is 1. The van der Waals surface area contributed by atoms with Gasteiger partial charge in [0.15, 0.2) is 5.96 Å². The van der Waals surface area contributed by atoms with E-state index in [0.717, 1.165) is 28.0 Å². The maximum atomic E-state index is 12.2. The third-order valence-corrected chi connectivity index (χ3v) is 5.67. The third kappa shape index (κ3) is 3.42. The maximum Gasteiger partial charge on any atom is 0.231 e. The molecule has 2 aromatic rings. The monoisotopic (exact) mass is 352 g/mol. The molecule has 3 rings (SSSR count). The number of benzene rings is 1. The van der Waals surface area contributed by atoms with E-state index in [0.29, 0.717) is 12.8 Å². The molecular formula is C19H20N4OS. The quantitative estimate of drug-likeness (QED) is 0.917. The van der Waals surface area contributed by atoms with E-state index in [1.807, 2.05) is 19.1 Å². The average Bonchev–Trinajstić information content (AvgIpc) is 3.09. The summed E-state index contributed by atoms with van der Waals surface area (Å²) in [4.78, 5) is 19.1. The van der Waals surface area contributed by atoms with Crippen molar-refractivity contribution >= 4 is 23.2 Å². The highest BCUT2D eigenvalue weighted by Crippen LogP contribution is 2.39. The highest BCUT2D eigenvalue weighted by atomic mass is 32.1. The molecule has 1 aliphatic heterocycles. The van der Waals surface area contributed by atoms with E-state index >= 15 is 0 Å². The van der Waals surface area contributed by atoms with Crippen LogP contribution < -0.4 is 5.73 Å². The summed E-state index contributed by atoms with van der Waals surface area (Å²) in [5.41, 5.74) is 8.64. The lowest BCUT2D eigenvalue weighted by Gasteiger charge is -2.32. The summed E-state index contributed by atoms with van der Waals surface area (Å²) in [5.74, 6) is 0.232. The number of guanidine groups is 1. The summed E-state index contributed by atoms with van der Waals surface area (Å²) < 4.78 is 0. The molecule has 1 amide bonds. The Kier molecular flexibility index (Phi) is 4.60. The number of rotatable bonds is 4. The number of thiophene rings is 1. The molecule has 1 atom stereocenters. The number of carbonyl (C=O) groups is 1. The first-order chi connectivity index (χ1) is 11.9. The Hall–Kier alpha value is -2.65. The molecule has 1 aliphatic rings. The van der Waals surface area contributed by atoms with E-state index in [-0.39, 0.29) is 11.9 Å². The van der Waals surface area contributed by atoms with Crippen LogP contribution in [0.15, 0.2) is 40.7 Å².